The average molecular weight is 368 g/mol. The van der Waals surface area contributed by atoms with Gasteiger partial charge in [-0.2, -0.15) is 0 Å². The van der Waals surface area contributed by atoms with Gasteiger partial charge in [-0.3, -0.25) is 9.59 Å². The van der Waals surface area contributed by atoms with Crippen LogP contribution in [0.3, 0.4) is 0 Å². The Bertz CT molecular complexity index is 745. The van der Waals surface area contributed by atoms with Gasteiger partial charge in [-0.1, -0.05) is 6.07 Å². The van der Waals surface area contributed by atoms with Gasteiger partial charge in [-0.15, -0.1) is 0 Å². The summed E-state index contributed by atoms with van der Waals surface area (Å²) in [6.07, 6.45) is 1.41. The van der Waals surface area contributed by atoms with Gasteiger partial charge in [0, 0.05) is 32.7 Å². The van der Waals surface area contributed by atoms with Crippen LogP contribution in [0.15, 0.2) is 29.2 Å². The summed E-state index contributed by atoms with van der Waals surface area (Å²) in [5, 5.41) is 0. The summed E-state index contributed by atoms with van der Waals surface area (Å²) in [6, 6.07) is 5.98. The summed E-state index contributed by atoms with van der Waals surface area (Å²) in [5.41, 5.74) is 0.299. The molecule has 1 aromatic rings. The average Bonchev–Trinajstić information content (AvgIpc) is 2.61. The first-order valence-electron chi connectivity index (χ1n) is 8.26. The molecule has 0 aromatic heterocycles. The van der Waals surface area contributed by atoms with E-state index in [0.29, 0.717) is 38.1 Å². The van der Waals surface area contributed by atoms with Gasteiger partial charge in [-0.25, -0.2) is 12.7 Å². The van der Waals surface area contributed by atoms with Crippen molar-refractivity contribution in [1.29, 1.82) is 0 Å². The first-order chi connectivity index (χ1) is 11.8. The molecular formula is C17H24N2O5S. The highest BCUT2D eigenvalue weighted by atomic mass is 32.2. The SMILES string of the molecule is CCOC(=O)[C@@H]1CCCN(C(=O)c2cccc(S(=O)(=O)N(C)C)c2)C1. The Kier molecular flexibility index (Phi) is 6.18. The number of amides is 1. The Morgan fingerprint density at radius 3 is 2.68 bits per heavy atom. The molecule has 0 aliphatic carbocycles. The molecule has 138 valence electrons. The summed E-state index contributed by atoms with van der Waals surface area (Å²) >= 11 is 0. The maximum Gasteiger partial charge on any atom is 0.310 e. The van der Waals surface area contributed by atoms with Gasteiger partial charge in [0.1, 0.15) is 0 Å². The van der Waals surface area contributed by atoms with Crippen molar-refractivity contribution in [3.05, 3.63) is 29.8 Å². The van der Waals surface area contributed by atoms with Gasteiger partial charge in [0.15, 0.2) is 0 Å². The van der Waals surface area contributed by atoms with E-state index in [1.807, 2.05) is 0 Å². The number of hydrogen-bond acceptors (Lipinski definition) is 5. The van der Waals surface area contributed by atoms with E-state index in [1.165, 1.54) is 26.2 Å². The second-order valence-corrected chi connectivity index (χ2v) is 8.31. The van der Waals surface area contributed by atoms with Crippen LogP contribution in [0.25, 0.3) is 0 Å². The van der Waals surface area contributed by atoms with Crippen molar-refractivity contribution in [3.63, 3.8) is 0 Å². The second-order valence-electron chi connectivity index (χ2n) is 6.16. The lowest BCUT2D eigenvalue weighted by Crippen LogP contribution is -2.42. The van der Waals surface area contributed by atoms with E-state index in [0.717, 1.165) is 4.31 Å². The minimum atomic E-state index is -3.61. The van der Waals surface area contributed by atoms with Crippen molar-refractivity contribution < 1.29 is 22.7 Å². The Labute approximate surface area is 148 Å². The molecule has 1 aromatic carbocycles. The third-order valence-electron chi connectivity index (χ3n) is 4.19. The van der Waals surface area contributed by atoms with Crippen LogP contribution in [0.5, 0.6) is 0 Å². The quantitative estimate of drug-likeness (QED) is 0.733. The molecule has 1 heterocycles. The monoisotopic (exact) mass is 368 g/mol. The normalized spacial score (nSPS) is 18.2. The molecule has 1 aliphatic heterocycles. The van der Waals surface area contributed by atoms with Crippen molar-refractivity contribution in [2.24, 2.45) is 5.92 Å². The van der Waals surface area contributed by atoms with Gasteiger partial charge in [0.25, 0.3) is 5.91 Å². The summed E-state index contributed by atoms with van der Waals surface area (Å²) in [6.45, 7) is 2.90. The molecule has 2 rings (SSSR count). The van der Waals surface area contributed by atoms with Crippen molar-refractivity contribution in [2.75, 3.05) is 33.8 Å². The second kappa shape index (κ2) is 7.97. The van der Waals surface area contributed by atoms with Gasteiger partial charge in [-0.05, 0) is 38.0 Å². The minimum Gasteiger partial charge on any atom is -0.466 e. The molecular weight excluding hydrogens is 344 g/mol. The zero-order valence-corrected chi connectivity index (χ0v) is 15.6. The Hall–Kier alpha value is -1.93. The van der Waals surface area contributed by atoms with Crippen LogP contribution in [0.1, 0.15) is 30.1 Å². The topological polar surface area (TPSA) is 84.0 Å². The highest BCUT2D eigenvalue weighted by molar-refractivity contribution is 7.89. The number of esters is 1. The lowest BCUT2D eigenvalue weighted by molar-refractivity contribution is -0.149. The lowest BCUT2D eigenvalue weighted by Gasteiger charge is -2.31. The maximum atomic E-state index is 12.7. The molecule has 8 heteroatoms. The van der Waals surface area contributed by atoms with Gasteiger partial charge >= 0.3 is 5.97 Å². The number of hydrogen-bond donors (Lipinski definition) is 0. The van der Waals surface area contributed by atoms with Crippen LogP contribution in [-0.4, -0.2) is 63.3 Å². The fourth-order valence-corrected chi connectivity index (χ4v) is 3.75. The Morgan fingerprint density at radius 2 is 2.04 bits per heavy atom. The van der Waals surface area contributed by atoms with Crippen molar-refractivity contribution in [3.8, 4) is 0 Å². The predicted molar refractivity (Wildman–Crippen MR) is 92.6 cm³/mol. The molecule has 1 saturated heterocycles. The standard InChI is InChI=1S/C17H24N2O5S/c1-4-24-17(21)14-8-6-10-19(12-14)16(20)13-7-5-9-15(11-13)25(22,23)18(2)3/h5,7,9,11,14H,4,6,8,10,12H2,1-3H3/t14-/m1/s1. The van der Waals surface area contributed by atoms with Crippen molar-refractivity contribution in [2.45, 2.75) is 24.7 Å². The molecule has 0 saturated carbocycles. The fraction of sp³-hybridized carbons (Fsp3) is 0.529. The van der Waals surface area contributed by atoms with Crippen LogP contribution in [0.4, 0.5) is 0 Å². The van der Waals surface area contributed by atoms with Crippen LogP contribution in [0.2, 0.25) is 0 Å². The van der Waals surface area contributed by atoms with E-state index in [4.69, 9.17) is 4.74 Å². The zero-order chi connectivity index (χ0) is 18.6. The first kappa shape index (κ1) is 19.4. The zero-order valence-electron chi connectivity index (χ0n) is 14.8. The third-order valence-corrected chi connectivity index (χ3v) is 6.00. The molecule has 1 amide bonds. The predicted octanol–water partition coefficient (Wildman–Crippen LogP) is 1.35. The van der Waals surface area contributed by atoms with Crippen LogP contribution in [0, 0.1) is 5.92 Å². The number of rotatable bonds is 5. The lowest BCUT2D eigenvalue weighted by atomic mass is 9.97. The first-order valence-corrected chi connectivity index (χ1v) is 9.70. The Morgan fingerprint density at radius 1 is 1.32 bits per heavy atom. The summed E-state index contributed by atoms with van der Waals surface area (Å²) in [5.74, 6) is -0.889. The number of sulfonamides is 1. The van der Waals surface area contributed by atoms with Crippen LogP contribution >= 0.6 is 0 Å². The molecule has 0 N–H and O–H groups in total. The number of ether oxygens (including phenoxy) is 1. The molecule has 1 fully saturated rings. The Balaban J connectivity index is 2.19. The number of piperidine rings is 1. The third kappa shape index (κ3) is 4.38. The number of carbonyl (C=O) groups is 2. The molecule has 0 radical (unpaired) electrons. The molecule has 7 nitrogen and oxygen atoms in total. The van der Waals surface area contributed by atoms with Gasteiger partial charge in [0.2, 0.25) is 10.0 Å². The van der Waals surface area contributed by atoms with Crippen molar-refractivity contribution >= 4 is 21.9 Å². The van der Waals surface area contributed by atoms with E-state index in [-0.39, 0.29) is 22.7 Å². The van der Waals surface area contributed by atoms with Crippen LogP contribution < -0.4 is 0 Å². The minimum absolute atomic E-state index is 0.0716. The van der Waals surface area contributed by atoms with E-state index in [9.17, 15) is 18.0 Å². The summed E-state index contributed by atoms with van der Waals surface area (Å²) in [7, 11) is -0.721. The molecule has 0 bridgehead atoms. The number of likely N-dealkylation sites (tertiary alicyclic amines) is 1. The number of carbonyl (C=O) groups excluding carboxylic acids is 2. The molecule has 0 spiro atoms. The van der Waals surface area contributed by atoms with Crippen molar-refractivity contribution in [1.82, 2.24) is 9.21 Å². The maximum absolute atomic E-state index is 12.7. The molecule has 1 atom stereocenters. The van der Waals surface area contributed by atoms with Gasteiger partial charge in [0.05, 0.1) is 17.4 Å². The molecule has 1 aliphatic rings. The number of benzene rings is 1. The van der Waals surface area contributed by atoms with E-state index in [2.05, 4.69) is 0 Å². The van der Waals surface area contributed by atoms with E-state index in [1.54, 1.807) is 24.0 Å². The van der Waals surface area contributed by atoms with E-state index >= 15 is 0 Å². The molecule has 25 heavy (non-hydrogen) atoms. The van der Waals surface area contributed by atoms with Crippen LogP contribution in [-0.2, 0) is 19.6 Å². The summed E-state index contributed by atoms with van der Waals surface area (Å²) in [4.78, 5) is 26.3. The summed E-state index contributed by atoms with van der Waals surface area (Å²) < 4.78 is 30.6. The fourth-order valence-electron chi connectivity index (χ4n) is 2.80. The van der Waals surface area contributed by atoms with Gasteiger partial charge < -0.3 is 9.64 Å². The molecule has 0 unspecified atom stereocenters. The highest BCUT2D eigenvalue weighted by Crippen LogP contribution is 2.21. The smallest absolute Gasteiger partial charge is 0.310 e. The highest BCUT2D eigenvalue weighted by Gasteiger charge is 2.30. The van der Waals surface area contributed by atoms with E-state index < -0.39 is 10.0 Å². The number of nitrogens with zero attached hydrogens (tertiary/aromatic N) is 2. The largest absolute Gasteiger partial charge is 0.466 e.